The van der Waals surface area contributed by atoms with E-state index in [4.69, 9.17) is 22.3 Å². The number of hydrogen-bond donors (Lipinski definition) is 1. The number of aryl methyl sites for hydroxylation is 2. The molecule has 2 N–H and O–H groups in total. The molecular weight excluding hydrogens is 256 g/mol. The van der Waals surface area contributed by atoms with Gasteiger partial charge in [-0.15, -0.1) is 0 Å². The quantitative estimate of drug-likeness (QED) is 0.850. The van der Waals surface area contributed by atoms with Crippen LogP contribution in [0.2, 0.25) is 5.02 Å². The van der Waals surface area contributed by atoms with E-state index in [1.54, 1.807) is 0 Å². The Morgan fingerprint density at radius 3 is 2.74 bits per heavy atom. The van der Waals surface area contributed by atoms with Gasteiger partial charge in [-0.2, -0.15) is 0 Å². The zero-order valence-corrected chi connectivity index (χ0v) is 12.2. The second-order valence-corrected chi connectivity index (χ2v) is 6.00. The van der Waals surface area contributed by atoms with Gasteiger partial charge in [0.25, 0.3) is 0 Å². The van der Waals surface area contributed by atoms with Gasteiger partial charge in [-0.25, -0.2) is 0 Å². The Bertz CT molecular complexity index is 647. The minimum atomic E-state index is 0.0233. The van der Waals surface area contributed by atoms with Crippen LogP contribution >= 0.6 is 11.6 Å². The van der Waals surface area contributed by atoms with E-state index in [1.165, 1.54) is 29.7 Å². The summed E-state index contributed by atoms with van der Waals surface area (Å²) < 4.78 is 0. The largest absolute Gasteiger partial charge is 0.324 e. The van der Waals surface area contributed by atoms with E-state index in [0.717, 1.165) is 34.3 Å². The monoisotopic (exact) mass is 274 g/mol. The fourth-order valence-electron chi connectivity index (χ4n) is 3.21. The molecule has 1 unspecified atom stereocenters. The van der Waals surface area contributed by atoms with Crippen LogP contribution in [0.3, 0.4) is 0 Å². The van der Waals surface area contributed by atoms with Crippen molar-refractivity contribution in [2.24, 2.45) is 5.73 Å². The molecule has 0 amide bonds. The lowest BCUT2D eigenvalue weighted by Gasteiger charge is -2.23. The molecule has 100 valence electrons. The van der Waals surface area contributed by atoms with E-state index < -0.39 is 0 Å². The van der Waals surface area contributed by atoms with Gasteiger partial charge in [-0.1, -0.05) is 11.6 Å². The molecule has 0 radical (unpaired) electrons. The smallest absolute Gasteiger partial charge is 0.0739 e. The molecule has 1 aliphatic carbocycles. The Morgan fingerprint density at radius 1 is 1.26 bits per heavy atom. The summed E-state index contributed by atoms with van der Waals surface area (Å²) in [6, 6.07) is 4.02. The number of nitrogens with zero attached hydrogens (tertiary/aromatic N) is 1. The third kappa shape index (κ3) is 2.13. The number of pyridine rings is 1. The highest BCUT2D eigenvalue weighted by Gasteiger charge is 2.21. The molecule has 0 aliphatic heterocycles. The highest BCUT2D eigenvalue weighted by Crippen LogP contribution is 2.34. The summed E-state index contributed by atoms with van der Waals surface area (Å²) >= 11 is 6.22. The third-order valence-corrected chi connectivity index (χ3v) is 4.24. The van der Waals surface area contributed by atoms with Crippen LogP contribution in [0.4, 0.5) is 0 Å². The molecule has 0 saturated heterocycles. The first-order valence-electron chi connectivity index (χ1n) is 6.95. The lowest BCUT2D eigenvalue weighted by molar-refractivity contribution is 0.655. The summed E-state index contributed by atoms with van der Waals surface area (Å²) in [6.45, 7) is 4.13. The average molecular weight is 275 g/mol. The Hall–Kier alpha value is -1.12. The summed E-state index contributed by atoms with van der Waals surface area (Å²) in [4.78, 5) is 4.89. The van der Waals surface area contributed by atoms with E-state index in [1.807, 2.05) is 12.1 Å². The summed E-state index contributed by atoms with van der Waals surface area (Å²) in [5, 5.41) is 1.91. The fourth-order valence-corrected chi connectivity index (χ4v) is 3.48. The van der Waals surface area contributed by atoms with E-state index in [0.29, 0.717) is 0 Å². The second kappa shape index (κ2) is 4.77. The third-order valence-electron chi connectivity index (χ3n) is 4.02. The number of nitrogens with two attached hydrogens (primary N) is 1. The predicted octanol–water partition coefficient (Wildman–Crippen LogP) is 4.10. The second-order valence-electron chi connectivity index (χ2n) is 5.57. The first kappa shape index (κ1) is 12.9. The maximum absolute atomic E-state index is 6.23. The molecule has 0 fully saturated rings. The van der Waals surface area contributed by atoms with Crippen molar-refractivity contribution in [3.8, 4) is 0 Å². The van der Waals surface area contributed by atoms with Crippen molar-refractivity contribution in [3.63, 3.8) is 0 Å². The SMILES string of the molecule is Cc1cc(Cl)cc2c(C(C)N)c3c(nc12)CCCC3. The van der Waals surface area contributed by atoms with Gasteiger partial charge < -0.3 is 5.73 Å². The van der Waals surface area contributed by atoms with E-state index >= 15 is 0 Å². The molecule has 1 aliphatic rings. The predicted molar refractivity (Wildman–Crippen MR) is 80.7 cm³/mol. The fraction of sp³-hybridized carbons (Fsp3) is 0.438. The van der Waals surface area contributed by atoms with Crippen LogP contribution in [0, 0.1) is 6.92 Å². The van der Waals surface area contributed by atoms with Crippen LogP contribution in [0.1, 0.15) is 48.2 Å². The highest BCUT2D eigenvalue weighted by atomic mass is 35.5. The maximum atomic E-state index is 6.23. The molecule has 2 aromatic rings. The molecule has 1 atom stereocenters. The van der Waals surface area contributed by atoms with Crippen molar-refractivity contribution in [2.75, 3.05) is 0 Å². The molecule has 2 nitrogen and oxygen atoms in total. The number of halogens is 1. The summed E-state index contributed by atoms with van der Waals surface area (Å²) in [6.07, 6.45) is 4.64. The molecule has 19 heavy (non-hydrogen) atoms. The van der Waals surface area contributed by atoms with Gasteiger partial charge >= 0.3 is 0 Å². The highest BCUT2D eigenvalue weighted by molar-refractivity contribution is 6.31. The normalized spacial score (nSPS) is 16.4. The summed E-state index contributed by atoms with van der Waals surface area (Å²) in [5.41, 5.74) is 12.3. The molecule has 1 heterocycles. The molecule has 3 rings (SSSR count). The maximum Gasteiger partial charge on any atom is 0.0739 e. The van der Waals surface area contributed by atoms with Crippen LogP contribution in [-0.2, 0) is 12.8 Å². The van der Waals surface area contributed by atoms with E-state index in [2.05, 4.69) is 13.8 Å². The molecular formula is C16H19ClN2. The van der Waals surface area contributed by atoms with Crippen molar-refractivity contribution < 1.29 is 0 Å². The molecule has 1 aromatic heterocycles. The Kier molecular flexibility index (Phi) is 3.23. The van der Waals surface area contributed by atoms with Crippen molar-refractivity contribution in [3.05, 3.63) is 39.5 Å². The van der Waals surface area contributed by atoms with Crippen molar-refractivity contribution in [1.29, 1.82) is 0 Å². The minimum Gasteiger partial charge on any atom is -0.324 e. The zero-order chi connectivity index (χ0) is 13.6. The lowest BCUT2D eigenvalue weighted by atomic mass is 9.87. The number of benzene rings is 1. The first-order chi connectivity index (χ1) is 9.08. The van der Waals surface area contributed by atoms with Crippen molar-refractivity contribution >= 4 is 22.5 Å². The standard InChI is InChI=1S/C16H19ClN2/c1-9-7-11(17)8-13-15(10(2)18)12-5-3-4-6-14(12)19-16(9)13/h7-8,10H,3-6,18H2,1-2H3. The van der Waals surface area contributed by atoms with Gasteiger partial charge in [0.15, 0.2) is 0 Å². The number of fused-ring (bicyclic) bond motifs is 2. The summed E-state index contributed by atoms with van der Waals surface area (Å²) in [5.74, 6) is 0. The molecule has 0 saturated carbocycles. The minimum absolute atomic E-state index is 0.0233. The average Bonchev–Trinajstić information content (AvgIpc) is 2.36. The van der Waals surface area contributed by atoms with Crippen LogP contribution in [0.5, 0.6) is 0 Å². The molecule has 0 bridgehead atoms. The van der Waals surface area contributed by atoms with Gasteiger partial charge in [-0.3, -0.25) is 4.98 Å². The summed E-state index contributed by atoms with van der Waals surface area (Å²) in [7, 11) is 0. The van der Waals surface area contributed by atoms with Gasteiger partial charge in [0, 0.05) is 22.1 Å². The van der Waals surface area contributed by atoms with Gasteiger partial charge in [-0.05, 0) is 68.4 Å². The van der Waals surface area contributed by atoms with Crippen molar-refractivity contribution in [2.45, 2.75) is 45.6 Å². The molecule has 1 aromatic carbocycles. The van der Waals surface area contributed by atoms with E-state index in [9.17, 15) is 0 Å². The van der Waals surface area contributed by atoms with Gasteiger partial charge in [0.05, 0.1) is 5.52 Å². The van der Waals surface area contributed by atoms with Crippen LogP contribution < -0.4 is 5.73 Å². The first-order valence-corrected chi connectivity index (χ1v) is 7.33. The van der Waals surface area contributed by atoms with Crippen LogP contribution in [0.15, 0.2) is 12.1 Å². The topological polar surface area (TPSA) is 38.9 Å². The Morgan fingerprint density at radius 2 is 2.00 bits per heavy atom. The number of rotatable bonds is 1. The zero-order valence-electron chi connectivity index (χ0n) is 11.5. The van der Waals surface area contributed by atoms with Crippen molar-refractivity contribution in [1.82, 2.24) is 4.98 Å². The molecule has 0 spiro atoms. The lowest BCUT2D eigenvalue weighted by Crippen LogP contribution is -2.16. The van der Waals surface area contributed by atoms with E-state index in [-0.39, 0.29) is 6.04 Å². The van der Waals surface area contributed by atoms with Gasteiger partial charge in [0.2, 0.25) is 0 Å². The van der Waals surface area contributed by atoms with Gasteiger partial charge in [0.1, 0.15) is 0 Å². The van der Waals surface area contributed by atoms with Crippen LogP contribution in [-0.4, -0.2) is 4.98 Å². The van der Waals surface area contributed by atoms with Crippen LogP contribution in [0.25, 0.3) is 10.9 Å². The Labute approximate surface area is 119 Å². The molecule has 3 heteroatoms. The Balaban J connectivity index is 2.42. The number of hydrogen-bond acceptors (Lipinski definition) is 2. The number of aromatic nitrogens is 1.